The van der Waals surface area contributed by atoms with E-state index in [9.17, 15) is 8.78 Å². The zero-order valence-electron chi connectivity index (χ0n) is 9.90. The second kappa shape index (κ2) is 5.00. The predicted molar refractivity (Wildman–Crippen MR) is 67.1 cm³/mol. The van der Waals surface area contributed by atoms with Gasteiger partial charge in [0.15, 0.2) is 11.6 Å². The van der Waals surface area contributed by atoms with Crippen LogP contribution >= 0.6 is 0 Å². The van der Waals surface area contributed by atoms with Crippen LogP contribution in [-0.4, -0.2) is 12.0 Å². The van der Waals surface area contributed by atoms with Gasteiger partial charge in [0.1, 0.15) is 0 Å². The zero-order valence-corrected chi connectivity index (χ0v) is 9.90. The van der Waals surface area contributed by atoms with Crippen LogP contribution < -0.4 is 10.6 Å². The van der Waals surface area contributed by atoms with Crippen molar-refractivity contribution in [1.29, 1.82) is 0 Å². The highest BCUT2D eigenvalue weighted by Crippen LogP contribution is 2.28. The first-order valence-corrected chi connectivity index (χ1v) is 5.44. The molecule has 0 spiro atoms. The molecule has 0 bridgehead atoms. The highest BCUT2D eigenvalue weighted by atomic mass is 19.2. The number of pyridine rings is 1. The van der Waals surface area contributed by atoms with Crippen molar-refractivity contribution in [3.63, 3.8) is 0 Å². The zero-order chi connectivity index (χ0) is 13.1. The molecule has 0 saturated carbocycles. The third kappa shape index (κ3) is 2.40. The summed E-state index contributed by atoms with van der Waals surface area (Å²) >= 11 is 0. The van der Waals surface area contributed by atoms with Crippen molar-refractivity contribution in [3.05, 3.63) is 53.9 Å². The molecule has 3 nitrogen and oxygen atoms in total. The fourth-order valence-electron chi connectivity index (χ4n) is 1.76. The molecule has 2 N–H and O–H groups in total. The summed E-state index contributed by atoms with van der Waals surface area (Å²) in [5.41, 5.74) is 6.69. The van der Waals surface area contributed by atoms with Crippen molar-refractivity contribution in [2.45, 2.75) is 6.54 Å². The van der Waals surface area contributed by atoms with E-state index in [0.717, 1.165) is 11.8 Å². The summed E-state index contributed by atoms with van der Waals surface area (Å²) in [6.45, 7) is 0.353. The maximum absolute atomic E-state index is 13.7. The lowest BCUT2D eigenvalue weighted by molar-refractivity contribution is 0.508. The van der Waals surface area contributed by atoms with Crippen molar-refractivity contribution >= 4 is 11.4 Å². The van der Waals surface area contributed by atoms with Gasteiger partial charge >= 0.3 is 0 Å². The Morgan fingerprint density at radius 2 is 2.00 bits per heavy atom. The highest BCUT2D eigenvalue weighted by molar-refractivity contribution is 5.68. The summed E-state index contributed by atoms with van der Waals surface area (Å²) in [6.07, 6.45) is 1.65. The molecule has 18 heavy (non-hydrogen) atoms. The topological polar surface area (TPSA) is 42.2 Å². The van der Waals surface area contributed by atoms with E-state index in [1.54, 1.807) is 19.3 Å². The van der Waals surface area contributed by atoms with Crippen LogP contribution in [0.4, 0.5) is 20.2 Å². The molecular weight excluding hydrogens is 236 g/mol. The average molecular weight is 249 g/mol. The lowest BCUT2D eigenvalue weighted by Gasteiger charge is -2.21. The fraction of sp³-hybridized carbons (Fsp3) is 0.154. The molecule has 0 aliphatic heterocycles. The number of nitrogen functional groups attached to an aromatic ring is 1. The van der Waals surface area contributed by atoms with E-state index in [1.807, 2.05) is 12.1 Å². The van der Waals surface area contributed by atoms with Gasteiger partial charge in [0.25, 0.3) is 0 Å². The van der Waals surface area contributed by atoms with Crippen LogP contribution in [0.5, 0.6) is 0 Å². The molecule has 2 rings (SSSR count). The number of nitrogens with zero attached hydrogens (tertiary/aromatic N) is 2. The van der Waals surface area contributed by atoms with Gasteiger partial charge in [0.2, 0.25) is 0 Å². The van der Waals surface area contributed by atoms with Crippen molar-refractivity contribution < 1.29 is 8.78 Å². The van der Waals surface area contributed by atoms with Crippen LogP contribution in [0.3, 0.4) is 0 Å². The summed E-state index contributed by atoms with van der Waals surface area (Å²) < 4.78 is 26.9. The van der Waals surface area contributed by atoms with Gasteiger partial charge in [0.05, 0.1) is 23.6 Å². The Kier molecular flexibility index (Phi) is 3.41. The van der Waals surface area contributed by atoms with Crippen LogP contribution in [-0.2, 0) is 6.54 Å². The average Bonchev–Trinajstić information content (AvgIpc) is 2.36. The van der Waals surface area contributed by atoms with Crippen molar-refractivity contribution in [3.8, 4) is 0 Å². The number of hydrogen-bond donors (Lipinski definition) is 1. The first kappa shape index (κ1) is 12.3. The Morgan fingerprint density at radius 3 is 2.67 bits per heavy atom. The SMILES string of the molecule is CN(Cc1ccccn1)c1c(N)ccc(F)c1F. The van der Waals surface area contributed by atoms with E-state index in [-0.39, 0.29) is 11.4 Å². The smallest absolute Gasteiger partial charge is 0.184 e. The van der Waals surface area contributed by atoms with Crippen LogP contribution in [0.1, 0.15) is 5.69 Å². The van der Waals surface area contributed by atoms with E-state index in [2.05, 4.69) is 4.98 Å². The Bertz CT molecular complexity index is 543. The van der Waals surface area contributed by atoms with Gasteiger partial charge in [0, 0.05) is 13.2 Å². The molecule has 1 aromatic carbocycles. The third-order valence-electron chi connectivity index (χ3n) is 2.61. The largest absolute Gasteiger partial charge is 0.397 e. The molecule has 0 radical (unpaired) electrons. The second-order valence-corrected chi connectivity index (χ2v) is 3.98. The molecule has 94 valence electrons. The third-order valence-corrected chi connectivity index (χ3v) is 2.61. The first-order chi connectivity index (χ1) is 8.59. The lowest BCUT2D eigenvalue weighted by Crippen LogP contribution is -2.20. The summed E-state index contributed by atoms with van der Waals surface area (Å²) in [7, 11) is 1.64. The Hall–Kier alpha value is -2.17. The second-order valence-electron chi connectivity index (χ2n) is 3.98. The quantitative estimate of drug-likeness (QED) is 0.850. The Labute approximate surface area is 104 Å². The molecular formula is C13H13F2N3. The molecule has 0 atom stereocenters. The summed E-state index contributed by atoms with van der Waals surface area (Å²) in [5, 5.41) is 0. The molecule has 1 aromatic heterocycles. The molecule has 2 aromatic rings. The normalized spacial score (nSPS) is 10.4. The van der Waals surface area contributed by atoms with E-state index in [4.69, 9.17) is 5.73 Å². The van der Waals surface area contributed by atoms with Crippen LogP contribution in [0, 0.1) is 11.6 Å². The lowest BCUT2D eigenvalue weighted by atomic mass is 10.2. The number of anilines is 2. The maximum Gasteiger partial charge on any atom is 0.184 e. The van der Waals surface area contributed by atoms with Crippen LogP contribution in [0.25, 0.3) is 0 Å². The Morgan fingerprint density at radius 1 is 1.22 bits per heavy atom. The van der Waals surface area contributed by atoms with Gasteiger partial charge < -0.3 is 10.6 Å². The van der Waals surface area contributed by atoms with Gasteiger partial charge in [-0.25, -0.2) is 8.78 Å². The van der Waals surface area contributed by atoms with Crippen molar-refractivity contribution in [1.82, 2.24) is 4.98 Å². The number of benzene rings is 1. The highest BCUT2D eigenvalue weighted by Gasteiger charge is 2.16. The molecule has 0 amide bonds. The van der Waals surface area contributed by atoms with Crippen LogP contribution in [0.2, 0.25) is 0 Å². The van der Waals surface area contributed by atoms with Gasteiger partial charge in [-0.05, 0) is 24.3 Å². The Balaban J connectivity index is 2.29. The van der Waals surface area contributed by atoms with Crippen LogP contribution in [0.15, 0.2) is 36.5 Å². The minimum absolute atomic E-state index is 0.0562. The molecule has 1 heterocycles. The van der Waals surface area contributed by atoms with E-state index in [1.165, 1.54) is 11.0 Å². The number of aromatic nitrogens is 1. The molecule has 0 fully saturated rings. The summed E-state index contributed by atoms with van der Waals surface area (Å²) in [5.74, 6) is -1.85. The number of halogens is 2. The molecule has 0 unspecified atom stereocenters. The van der Waals surface area contributed by atoms with Gasteiger partial charge in [-0.15, -0.1) is 0 Å². The predicted octanol–water partition coefficient (Wildman–Crippen LogP) is 2.58. The van der Waals surface area contributed by atoms with Crippen molar-refractivity contribution in [2.75, 3.05) is 17.7 Å². The van der Waals surface area contributed by atoms with Gasteiger partial charge in [-0.3, -0.25) is 4.98 Å². The van der Waals surface area contributed by atoms with E-state index < -0.39 is 11.6 Å². The number of hydrogen-bond acceptors (Lipinski definition) is 3. The molecule has 0 aliphatic carbocycles. The maximum atomic E-state index is 13.7. The standard InChI is InChI=1S/C13H13F2N3/c1-18(8-9-4-2-3-7-17-9)13-11(16)6-5-10(14)12(13)15/h2-7H,8,16H2,1H3. The van der Waals surface area contributed by atoms with E-state index >= 15 is 0 Å². The van der Waals surface area contributed by atoms with E-state index in [0.29, 0.717) is 6.54 Å². The van der Waals surface area contributed by atoms with Gasteiger partial charge in [-0.1, -0.05) is 6.07 Å². The minimum atomic E-state index is -0.937. The molecule has 0 saturated heterocycles. The summed E-state index contributed by atoms with van der Waals surface area (Å²) in [4.78, 5) is 5.67. The molecule has 5 heteroatoms. The minimum Gasteiger partial charge on any atom is -0.397 e. The first-order valence-electron chi connectivity index (χ1n) is 5.44. The molecule has 0 aliphatic rings. The fourth-order valence-corrected chi connectivity index (χ4v) is 1.76. The summed E-state index contributed by atoms with van der Waals surface area (Å²) in [6, 6.07) is 7.80. The number of rotatable bonds is 3. The van der Waals surface area contributed by atoms with Gasteiger partial charge in [-0.2, -0.15) is 0 Å². The monoisotopic (exact) mass is 249 g/mol. The van der Waals surface area contributed by atoms with Crippen molar-refractivity contribution in [2.24, 2.45) is 0 Å². The number of nitrogens with two attached hydrogens (primary N) is 1.